The van der Waals surface area contributed by atoms with Gasteiger partial charge in [-0.25, -0.2) is 0 Å². The summed E-state index contributed by atoms with van der Waals surface area (Å²) in [6.45, 7) is 4.59. The van der Waals surface area contributed by atoms with E-state index in [0.29, 0.717) is 18.5 Å². The zero-order chi connectivity index (χ0) is 10.7. The molecular formula is C10H18N4O. The maximum Gasteiger partial charge on any atom is 0.318 e. The van der Waals surface area contributed by atoms with Gasteiger partial charge in [-0.3, -0.25) is 0 Å². The van der Waals surface area contributed by atoms with Crippen molar-refractivity contribution in [1.82, 2.24) is 10.2 Å². The van der Waals surface area contributed by atoms with Crippen LogP contribution in [0.1, 0.15) is 32.1 Å². The zero-order valence-corrected chi connectivity index (χ0v) is 9.15. The molecule has 0 spiro atoms. The lowest BCUT2D eigenvalue weighted by Gasteiger charge is -2.30. The first-order valence-corrected chi connectivity index (χ1v) is 5.61. The van der Waals surface area contributed by atoms with Gasteiger partial charge in [-0.1, -0.05) is 18.4 Å². The van der Waals surface area contributed by atoms with Crippen molar-refractivity contribution in [3.63, 3.8) is 0 Å². The lowest BCUT2D eigenvalue weighted by atomic mass is 9.96. The van der Waals surface area contributed by atoms with Gasteiger partial charge in [0.1, 0.15) is 0 Å². The van der Waals surface area contributed by atoms with Gasteiger partial charge in [-0.05, 0) is 18.8 Å². The maximum absolute atomic E-state index is 5.44. The molecule has 0 bridgehead atoms. The molecule has 15 heavy (non-hydrogen) atoms. The topological polar surface area (TPSA) is 68.2 Å². The summed E-state index contributed by atoms with van der Waals surface area (Å²) in [5.74, 6) is 1.27. The first kappa shape index (κ1) is 10.4. The summed E-state index contributed by atoms with van der Waals surface area (Å²) < 4.78 is 5.44. The smallest absolute Gasteiger partial charge is 0.318 e. The lowest BCUT2D eigenvalue weighted by Crippen LogP contribution is -2.35. The normalized spacial score (nSPS) is 22.0. The first-order chi connectivity index (χ1) is 7.33. The minimum atomic E-state index is 0.318. The van der Waals surface area contributed by atoms with Gasteiger partial charge in [-0.2, -0.15) is 0 Å². The molecule has 0 aromatic carbocycles. The predicted octanol–water partition coefficient (Wildman–Crippen LogP) is 1.15. The summed E-state index contributed by atoms with van der Waals surface area (Å²) in [6, 6.07) is 0.633. The average Bonchev–Trinajstić information content (AvgIpc) is 2.78. The Kier molecular flexibility index (Phi) is 3.20. The highest BCUT2D eigenvalue weighted by molar-refractivity contribution is 5.24. The van der Waals surface area contributed by atoms with Gasteiger partial charge in [0.15, 0.2) is 0 Å². The molecule has 1 fully saturated rings. The highest BCUT2D eigenvalue weighted by atomic mass is 16.4. The Labute approximate surface area is 89.6 Å². The van der Waals surface area contributed by atoms with Gasteiger partial charge in [0, 0.05) is 13.1 Å². The molecule has 0 amide bonds. The van der Waals surface area contributed by atoms with Crippen LogP contribution in [-0.4, -0.2) is 23.3 Å². The number of hydrogen-bond acceptors (Lipinski definition) is 5. The number of nitrogens with zero attached hydrogens (tertiary/aromatic N) is 3. The van der Waals surface area contributed by atoms with Crippen LogP contribution in [-0.2, 0) is 6.54 Å². The molecule has 5 nitrogen and oxygen atoms in total. The third-order valence-electron chi connectivity index (χ3n) is 3.00. The molecule has 2 heterocycles. The van der Waals surface area contributed by atoms with E-state index in [2.05, 4.69) is 22.0 Å². The van der Waals surface area contributed by atoms with E-state index >= 15 is 0 Å². The predicted molar refractivity (Wildman–Crippen MR) is 57.4 cm³/mol. The second kappa shape index (κ2) is 4.61. The number of anilines is 1. The Balaban J connectivity index is 2.03. The molecule has 5 heteroatoms. The summed E-state index contributed by atoms with van der Waals surface area (Å²) in [4.78, 5) is 2.17. The van der Waals surface area contributed by atoms with E-state index in [9.17, 15) is 0 Å². The Morgan fingerprint density at radius 3 is 3.07 bits per heavy atom. The number of aromatic nitrogens is 2. The molecule has 0 aliphatic carbocycles. The lowest BCUT2D eigenvalue weighted by molar-refractivity contribution is 0.379. The van der Waals surface area contributed by atoms with Crippen LogP contribution in [0.5, 0.6) is 0 Å². The van der Waals surface area contributed by atoms with Gasteiger partial charge >= 0.3 is 6.01 Å². The molecular weight excluding hydrogens is 192 g/mol. The monoisotopic (exact) mass is 210 g/mol. The fourth-order valence-corrected chi connectivity index (χ4v) is 2.03. The number of piperidine rings is 1. The SMILES string of the molecule is CCC1CCCN(c2nnc(CN)o2)C1. The third-order valence-corrected chi connectivity index (χ3v) is 3.00. The van der Waals surface area contributed by atoms with Gasteiger partial charge in [0.25, 0.3) is 0 Å². The first-order valence-electron chi connectivity index (χ1n) is 5.61. The quantitative estimate of drug-likeness (QED) is 0.810. The highest BCUT2D eigenvalue weighted by Crippen LogP contribution is 2.23. The Hall–Kier alpha value is -1.10. The van der Waals surface area contributed by atoms with Crippen LogP contribution in [0, 0.1) is 5.92 Å². The van der Waals surface area contributed by atoms with Gasteiger partial charge in [0.2, 0.25) is 5.89 Å². The maximum atomic E-state index is 5.44. The second-order valence-electron chi connectivity index (χ2n) is 4.05. The number of hydrogen-bond donors (Lipinski definition) is 1. The zero-order valence-electron chi connectivity index (χ0n) is 9.15. The summed E-state index contributed by atoms with van der Waals surface area (Å²) >= 11 is 0. The van der Waals surface area contributed by atoms with E-state index in [-0.39, 0.29) is 0 Å². The van der Waals surface area contributed by atoms with Gasteiger partial charge < -0.3 is 15.1 Å². The van der Waals surface area contributed by atoms with Gasteiger partial charge in [-0.15, -0.1) is 5.10 Å². The minimum Gasteiger partial charge on any atom is -0.407 e. The van der Waals surface area contributed by atoms with Crippen molar-refractivity contribution in [3.05, 3.63) is 5.89 Å². The standard InChI is InChI=1S/C10H18N4O/c1-2-8-4-3-5-14(7-8)10-13-12-9(6-11)15-10/h8H,2-7,11H2,1H3. The molecule has 1 aromatic rings. The molecule has 1 aliphatic heterocycles. The van der Waals surface area contributed by atoms with E-state index in [1.165, 1.54) is 19.3 Å². The molecule has 1 atom stereocenters. The van der Waals surface area contributed by atoms with E-state index < -0.39 is 0 Å². The van der Waals surface area contributed by atoms with E-state index in [4.69, 9.17) is 10.2 Å². The van der Waals surface area contributed by atoms with Crippen LogP contribution in [0.25, 0.3) is 0 Å². The van der Waals surface area contributed by atoms with Crippen LogP contribution in [0.2, 0.25) is 0 Å². The van der Waals surface area contributed by atoms with E-state index in [1.807, 2.05) is 0 Å². The summed E-state index contributed by atoms with van der Waals surface area (Å²) in [7, 11) is 0. The van der Waals surface area contributed by atoms with Crippen molar-refractivity contribution >= 4 is 6.01 Å². The summed E-state index contributed by atoms with van der Waals surface area (Å²) in [6.07, 6.45) is 3.73. The Bertz CT molecular complexity index is 312. The van der Waals surface area contributed by atoms with Crippen molar-refractivity contribution in [3.8, 4) is 0 Å². The Morgan fingerprint density at radius 2 is 2.40 bits per heavy atom. The molecule has 2 N–H and O–H groups in total. The second-order valence-corrected chi connectivity index (χ2v) is 4.05. The minimum absolute atomic E-state index is 0.318. The van der Waals surface area contributed by atoms with Crippen molar-refractivity contribution < 1.29 is 4.42 Å². The largest absolute Gasteiger partial charge is 0.407 e. The van der Waals surface area contributed by atoms with Crippen molar-refractivity contribution in [2.75, 3.05) is 18.0 Å². The third kappa shape index (κ3) is 2.28. The van der Waals surface area contributed by atoms with Crippen molar-refractivity contribution in [1.29, 1.82) is 0 Å². The highest BCUT2D eigenvalue weighted by Gasteiger charge is 2.22. The molecule has 1 aliphatic rings. The molecule has 84 valence electrons. The summed E-state index contributed by atoms with van der Waals surface area (Å²) in [5.41, 5.74) is 5.43. The van der Waals surface area contributed by atoms with Crippen LogP contribution >= 0.6 is 0 Å². The van der Waals surface area contributed by atoms with Gasteiger partial charge in [0.05, 0.1) is 6.54 Å². The molecule has 1 unspecified atom stereocenters. The van der Waals surface area contributed by atoms with Crippen LogP contribution in [0.3, 0.4) is 0 Å². The fourth-order valence-electron chi connectivity index (χ4n) is 2.03. The van der Waals surface area contributed by atoms with Crippen molar-refractivity contribution in [2.45, 2.75) is 32.7 Å². The number of rotatable bonds is 3. The molecule has 0 radical (unpaired) electrons. The summed E-state index contributed by atoms with van der Waals surface area (Å²) in [5, 5.41) is 7.89. The number of nitrogens with two attached hydrogens (primary N) is 1. The molecule has 0 saturated carbocycles. The average molecular weight is 210 g/mol. The molecule has 1 aromatic heterocycles. The van der Waals surface area contributed by atoms with E-state index in [1.54, 1.807) is 0 Å². The van der Waals surface area contributed by atoms with E-state index in [0.717, 1.165) is 19.0 Å². The fraction of sp³-hybridized carbons (Fsp3) is 0.800. The molecule has 2 rings (SSSR count). The Morgan fingerprint density at radius 1 is 1.53 bits per heavy atom. The van der Waals surface area contributed by atoms with Crippen LogP contribution < -0.4 is 10.6 Å². The van der Waals surface area contributed by atoms with Crippen molar-refractivity contribution in [2.24, 2.45) is 11.7 Å². The van der Waals surface area contributed by atoms with Crippen LogP contribution in [0.4, 0.5) is 6.01 Å². The molecule has 1 saturated heterocycles. The van der Waals surface area contributed by atoms with Crippen LogP contribution in [0.15, 0.2) is 4.42 Å².